The van der Waals surface area contributed by atoms with E-state index in [1.165, 1.54) is 10.9 Å². The highest BCUT2D eigenvalue weighted by Gasteiger charge is 2.17. The number of piperazine rings is 1. The van der Waals surface area contributed by atoms with Gasteiger partial charge in [0.05, 0.1) is 5.52 Å². The standard InChI is InChI=1S/C15H18BrN3/c1-11-9-19(8-7-17-11)10-12-4-5-14(16)13-3-2-6-18-15(12)13/h2-6,11,17H,7-10H2,1H3. The van der Waals surface area contributed by atoms with Crippen molar-refractivity contribution < 1.29 is 0 Å². The SMILES string of the molecule is CC1CN(Cc2ccc(Br)c3cccnc23)CCN1. The Bertz CT molecular complexity index is 585. The molecule has 3 rings (SSSR count). The molecule has 1 N–H and O–H groups in total. The van der Waals surface area contributed by atoms with Gasteiger partial charge in [0.1, 0.15) is 0 Å². The summed E-state index contributed by atoms with van der Waals surface area (Å²) in [6, 6.07) is 9.00. The average molecular weight is 320 g/mol. The minimum atomic E-state index is 0.573. The molecule has 3 nitrogen and oxygen atoms in total. The molecule has 0 bridgehead atoms. The van der Waals surface area contributed by atoms with Crippen LogP contribution in [0, 0.1) is 0 Å². The van der Waals surface area contributed by atoms with Crippen molar-refractivity contribution >= 4 is 26.8 Å². The molecule has 19 heavy (non-hydrogen) atoms. The second-order valence-corrected chi connectivity index (χ2v) is 6.05. The lowest BCUT2D eigenvalue weighted by molar-refractivity contribution is 0.200. The summed E-state index contributed by atoms with van der Waals surface area (Å²) in [4.78, 5) is 7.05. The number of pyridine rings is 1. The summed E-state index contributed by atoms with van der Waals surface area (Å²) in [5.74, 6) is 0. The van der Waals surface area contributed by atoms with Crippen LogP contribution in [0.1, 0.15) is 12.5 Å². The van der Waals surface area contributed by atoms with Gasteiger partial charge in [0.15, 0.2) is 0 Å². The van der Waals surface area contributed by atoms with Gasteiger partial charge in [-0.05, 0) is 24.6 Å². The fraction of sp³-hybridized carbons (Fsp3) is 0.400. The Labute approximate surface area is 122 Å². The third-order valence-electron chi connectivity index (χ3n) is 3.65. The normalized spacial score (nSPS) is 20.8. The van der Waals surface area contributed by atoms with Gasteiger partial charge in [-0.2, -0.15) is 0 Å². The highest BCUT2D eigenvalue weighted by atomic mass is 79.9. The molecular formula is C15H18BrN3. The van der Waals surface area contributed by atoms with E-state index in [1.807, 2.05) is 12.3 Å². The molecule has 1 aromatic heterocycles. The van der Waals surface area contributed by atoms with Gasteiger partial charge in [0.25, 0.3) is 0 Å². The van der Waals surface area contributed by atoms with E-state index < -0.39 is 0 Å². The third kappa shape index (κ3) is 2.81. The highest BCUT2D eigenvalue weighted by molar-refractivity contribution is 9.10. The first kappa shape index (κ1) is 13.0. The molecule has 0 spiro atoms. The Morgan fingerprint density at radius 2 is 2.32 bits per heavy atom. The predicted octanol–water partition coefficient (Wildman–Crippen LogP) is 2.79. The van der Waals surface area contributed by atoms with Crippen molar-refractivity contribution in [3.05, 3.63) is 40.5 Å². The second kappa shape index (κ2) is 5.57. The van der Waals surface area contributed by atoms with E-state index in [4.69, 9.17) is 0 Å². The van der Waals surface area contributed by atoms with Crippen molar-refractivity contribution in [3.8, 4) is 0 Å². The van der Waals surface area contributed by atoms with E-state index >= 15 is 0 Å². The number of nitrogens with zero attached hydrogens (tertiary/aromatic N) is 2. The maximum atomic E-state index is 4.55. The van der Waals surface area contributed by atoms with Gasteiger partial charge < -0.3 is 5.32 Å². The van der Waals surface area contributed by atoms with Crippen LogP contribution < -0.4 is 5.32 Å². The monoisotopic (exact) mass is 319 g/mol. The number of hydrogen-bond donors (Lipinski definition) is 1. The Kier molecular flexibility index (Phi) is 3.82. The Morgan fingerprint density at radius 3 is 3.16 bits per heavy atom. The van der Waals surface area contributed by atoms with Crippen LogP contribution in [0.3, 0.4) is 0 Å². The van der Waals surface area contributed by atoms with Crippen molar-refractivity contribution in [2.45, 2.75) is 19.5 Å². The number of rotatable bonds is 2. The first-order valence-corrected chi connectivity index (χ1v) is 7.51. The topological polar surface area (TPSA) is 28.2 Å². The lowest BCUT2D eigenvalue weighted by Crippen LogP contribution is -2.48. The van der Waals surface area contributed by atoms with Crippen LogP contribution in [0.25, 0.3) is 10.9 Å². The van der Waals surface area contributed by atoms with Crippen LogP contribution in [0.5, 0.6) is 0 Å². The molecule has 0 amide bonds. The van der Waals surface area contributed by atoms with E-state index in [0.717, 1.165) is 36.2 Å². The number of halogens is 1. The summed E-state index contributed by atoms with van der Waals surface area (Å²) in [5.41, 5.74) is 2.43. The van der Waals surface area contributed by atoms with Crippen LogP contribution >= 0.6 is 15.9 Å². The molecule has 1 atom stereocenters. The summed E-state index contributed by atoms with van der Waals surface area (Å²) in [5, 5.41) is 4.68. The van der Waals surface area contributed by atoms with E-state index in [2.05, 4.69) is 56.3 Å². The smallest absolute Gasteiger partial charge is 0.0758 e. The van der Waals surface area contributed by atoms with E-state index in [1.54, 1.807) is 0 Å². The zero-order chi connectivity index (χ0) is 13.2. The number of benzene rings is 1. The van der Waals surface area contributed by atoms with Crippen LogP contribution in [-0.2, 0) is 6.54 Å². The first-order chi connectivity index (χ1) is 9.24. The van der Waals surface area contributed by atoms with Crippen LogP contribution in [0.2, 0.25) is 0 Å². The minimum Gasteiger partial charge on any atom is -0.312 e. The molecule has 1 aliphatic heterocycles. The van der Waals surface area contributed by atoms with Gasteiger partial charge in [-0.1, -0.05) is 28.1 Å². The molecule has 0 aliphatic carbocycles. The Hall–Kier alpha value is -0.970. The summed E-state index contributed by atoms with van der Waals surface area (Å²) < 4.78 is 1.12. The molecule has 2 heterocycles. The van der Waals surface area contributed by atoms with Crippen molar-refractivity contribution in [1.82, 2.24) is 15.2 Å². The molecule has 0 radical (unpaired) electrons. The summed E-state index contributed by atoms with van der Waals surface area (Å²) in [6.45, 7) is 6.50. The summed E-state index contributed by atoms with van der Waals surface area (Å²) in [6.07, 6.45) is 1.87. The highest BCUT2D eigenvalue weighted by Crippen LogP contribution is 2.26. The Balaban J connectivity index is 1.90. The molecule has 1 aliphatic rings. The molecule has 0 saturated carbocycles. The summed E-state index contributed by atoms with van der Waals surface area (Å²) >= 11 is 3.60. The van der Waals surface area contributed by atoms with Crippen molar-refractivity contribution in [2.24, 2.45) is 0 Å². The van der Waals surface area contributed by atoms with Gasteiger partial charge in [0, 0.05) is 48.3 Å². The number of nitrogens with one attached hydrogen (secondary N) is 1. The molecule has 4 heteroatoms. The van der Waals surface area contributed by atoms with Gasteiger partial charge in [-0.25, -0.2) is 0 Å². The third-order valence-corrected chi connectivity index (χ3v) is 4.34. The summed E-state index contributed by atoms with van der Waals surface area (Å²) in [7, 11) is 0. The second-order valence-electron chi connectivity index (χ2n) is 5.20. The maximum Gasteiger partial charge on any atom is 0.0758 e. The molecule has 100 valence electrons. The van der Waals surface area contributed by atoms with E-state index in [9.17, 15) is 0 Å². The quantitative estimate of drug-likeness (QED) is 0.922. The largest absolute Gasteiger partial charge is 0.312 e. The fourth-order valence-electron chi connectivity index (χ4n) is 2.72. The average Bonchev–Trinajstić information content (AvgIpc) is 2.42. The van der Waals surface area contributed by atoms with Crippen molar-refractivity contribution in [1.29, 1.82) is 0 Å². The lowest BCUT2D eigenvalue weighted by atomic mass is 10.1. The van der Waals surface area contributed by atoms with E-state index in [0.29, 0.717) is 6.04 Å². The molecule has 1 fully saturated rings. The van der Waals surface area contributed by atoms with Crippen LogP contribution in [0.4, 0.5) is 0 Å². The zero-order valence-corrected chi connectivity index (χ0v) is 12.7. The Morgan fingerprint density at radius 1 is 1.42 bits per heavy atom. The van der Waals surface area contributed by atoms with E-state index in [-0.39, 0.29) is 0 Å². The number of aromatic nitrogens is 1. The van der Waals surface area contributed by atoms with Crippen LogP contribution in [0.15, 0.2) is 34.9 Å². The fourth-order valence-corrected chi connectivity index (χ4v) is 3.17. The lowest BCUT2D eigenvalue weighted by Gasteiger charge is -2.32. The van der Waals surface area contributed by atoms with Crippen molar-refractivity contribution in [3.63, 3.8) is 0 Å². The molecule has 1 saturated heterocycles. The molecule has 1 unspecified atom stereocenters. The molecular weight excluding hydrogens is 302 g/mol. The van der Waals surface area contributed by atoms with Gasteiger partial charge in [-0.15, -0.1) is 0 Å². The minimum absolute atomic E-state index is 0.573. The molecule has 1 aromatic carbocycles. The van der Waals surface area contributed by atoms with Gasteiger partial charge in [0.2, 0.25) is 0 Å². The van der Waals surface area contributed by atoms with Gasteiger partial charge in [-0.3, -0.25) is 9.88 Å². The van der Waals surface area contributed by atoms with Crippen molar-refractivity contribution in [2.75, 3.05) is 19.6 Å². The maximum absolute atomic E-state index is 4.55. The van der Waals surface area contributed by atoms with Gasteiger partial charge >= 0.3 is 0 Å². The first-order valence-electron chi connectivity index (χ1n) is 6.72. The number of fused-ring (bicyclic) bond motifs is 1. The zero-order valence-electron chi connectivity index (χ0n) is 11.1. The number of hydrogen-bond acceptors (Lipinski definition) is 3. The predicted molar refractivity (Wildman–Crippen MR) is 82.2 cm³/mol. The van der Waals surface area contributed by atoms with Crippen LogP contribution in [-0.4, -0.2) is 35.6 Å². The molecule has 2 aromatic rings.